The van der Waals surface area contributed by atoms with Gasteiger partial charge in [-0.1, -0.05) is 11.6 Å². The maximum Gasteiger partial charge on any atom is 0.409 e. The number of halogens is 1. The molecule has 2 amide bonds. The molecule has 1 saturated heterocycles. The SMILES string of the molecule is CCOC(=O)N1CCC(=NNC(=O)COc2ccc(Cl)cc2C)CC1. The van der Waals surface area contributed by atoms with E-state index >= 15 is 0 Å². The van der Waals surface area contributed by atoms with Crippen LogP contribution in [0.5, 0.6) is 5.75 Å². The molecular formula is C17H22ClN3O4. The highest BCUT2D eigenvalue weighted by Gasteiger charge is 2.20. The molecule has 1 N–H and O–H groups in total. The molecule has 0 radical (unpaired) electrons. The number of aryl methyl sites for hydroxylation is 1. The Balaban J connectivity index is 1.74. The molecule has 0 bridgehead atoms. The number of carbonyl (C=O) groups is 2. The van der Waals surface area contributed by atoms with Crippen molar-refractivity contribution < 1.29 is 19.1 Å². The highest BCUT2D eigenvalue weighted by molar-refractivity contribution is 6.30. The van der Waals surface area contributed by atoms with Gasteiger partial charge in [0, 0.05) is 36.7 Å². The van der Waals surface area contributed by atoms with E-state index in [1.807, 2.05) is 6.92 Å². The van der Waals surface area contributed by atoms with E-state index < -0.39 is 0 Å². The molecule has 8 heteroatoms. The average Bonchev–Trinajstić information content (AvgIpc) is 2.60. The third-order valence-corrected chi connectivity index (χ3v) is 3.94. The summed E-state index contributed by atoms with van der Waals surface area (Å²) in [5.74, 6) is 0.268. The van der Waals surface area contributed by atoms with Crippen LogP contribution in [0.4, 0.5) is 4.79 Å². The predicted molar refractivity (Wildman–Crippen MR) is 95.1 cm³/mol. The summed E-state index contributed by atoms with van der Waals surface area (Å²) in [4.78, 5) is 25.1. The molecule has 25 heavy (non-hydrogen) atoms. The Morgan fingerprint density at radius 2 is 2.04 bits per heavy atom. The van der Waals surface area contributed by atoms with E-state index in [2.05, 4.69) is 10.5 Å². The van der Waals surface area contributed by atoms with E-state index in [4.69, 9.17) is 21.1 Å². The lowest BCUT2D eigenvalue weighted by atomic mass is 10.1. The van der Waals surface area contributed by atoms with Crippen LogP contribution in [0.3, 0.4) is 0 Å². The number of benzene rings is 1. The highest BCUT2D eigenvalue weighted by Crippen LogP contribution is 2.21. The lowest BCUT2D eigenvalue weighted by Crippen LogP contribution is -2.39. The molecule has 0 aromatic heterocycles. The van der Waals surface area contributed by atoms with Gasteiger partial charge in [0.1, 0.15) is 5.75 Å². The summed E-state index contributed by atoms with van der Waals surface area (Å²) in [5.41, 5.74) is 4.19. The highest BCUT2D eigenvalue weighted by atomic mass is 35.5. The summed E-state index contributed by atoms with van der Waals surface area (Å²) in [6, 6.07) is 5.20. The molecule has 1 aliphatic heterocycles. The van der Waals surface area contributed by atoms with Gasteiger partial charge < -0.3 is 14.4 Å². The van der Waals surface area contributed by atoms with Crippen LogP contribution in [0, 0.1) is 6.92 Å². The van der Waals surface area contributed by atoms with Crippen molar-refractivity contribution in [3.8, 4) is 5.75 Å². The van der Waals surface area contributed by atoms with Crippen molar-refractivity contribution in [2.24, 2.45) is 5.10 Å². The van der Waals surface area contributed by atoms with E-state index in [0.717, 1.165) is 11.3 Å². The summed E-state index contributed by atoms with van der Waals surface area (Å²) >= 11 is 5.88. The van der Waals surface area contributed by atoms with Crippen LogP contribution in [0.25, 0.3) is 0 Å². The largest absolute Gasteiger partial charge is 0.483 e. The van der Waals surface area contributed by atoms with Gasteiger partial charge in [-0.25, -0.2) is 10.2 Å². The molecule has 0 unspecified atom stereocenters. The zero-order valence-electron chi connectivity index (χ0n) is 14.4. The maximum absolute atomic E-state index is 11.8. The number of rotatable bonds is 5. The molecule has 0 spiro atoms. The van der Waals surface area contributed by atoms with Crippen molar-refractivity contribution in [2.75, 3.05) is 26.3 Å². The molecule has 136 valence electrons. The Kier molecular flexibility index (Phi) is 7.06. The smallest absolute Gasteiger partial charge is 0.409 e. The molecular weight excluding hydrogens is 346 g/mol. The van der Waals surface area contributed by atoms with Gasteiger partial charge in [0.05, 0.1) is 6.61 Å². The van der Waals surface area contributed by atoms with Crippen molar-refractivity contribution in [1.29, 1.82) is 0 Å². The van der Waals surface area contributed by atoms with Crippen molar-refractivity contribution in [3.05, 3.63) is 28.8 Å². The fourth-order valence-corrected chi connectivity index (χ4v) is 2.59. The van der Waals surface area contributed by atoms with E-state index in [9.17, 15) is 9.59 Å². The predicted octanol–water partition coefficient (Wildman–Crippen LogP) is 2.75. The minimum absolute atomic E-state index is 0.131. The number of ether oxygens (including phenoxy) is 2. The second kappa shape index (κ2) is 9.27. The number of carbonyl (C=O) groups excluding carboxylic acids is 2. The molecule has 0 aliphatic carbocycles. The zero-order valence-corrected chi connectivity index (χ0v) is 15.1. The van der Waals surface area contributed by atoms with Gasteiger partial charge >= 0.3 is 6.09 Å². The number of nitrogens with zero attached hydrogens (tertiary/aromatic N) is 2. The van der Waals surface area contributed by atoms with Crippen LogP contribution in [-0.4, -0.2) is 48.9 Å². The van der Waals surface area contributed by atoms with Crippen LogP contribution in [0.1, 0.15) is 25.3 Å². The topological polar surface area (TPSA) is 80.2 Å². The minimum Gasteiger partial charge on any atom is -0.483 e. The first-order valence-corrected chi connectivity index (χ1v) is 8.52. The van der Waals surface area contributed by atoms with Crippen molar-refractivity contribution in [1.82, 2.24) is 10.3 Å². The van der Waals surface area contributed by atoms with Crippen LogP contribution in [0.2, 0.25) is 5.02 Å². The Morgan fingerprint density at radius 1 is 1.32 bits per heavy atom. The molecule has 0 atom stereocenters. The summed E-state index contributed by atoms with van der Waals surface area (Å²) in [6.07, 6.45) is 0.907. The second-order valence-electron chi connectivity index (χ2n) is 5.60. The van der Waals surface area contributed by atoms with Gasteiger partial charge in [0.25, 0.3) is 5.91 Å². The van der Waals surface area contributed by atoms with Crippen molar-refractivity contribution >= 4 is 29.3 Å². The van der Waals surface area contributed by atoms with Gasteiger partial charge in [-0.05, 0) is 37.6 Å². The summed E-state index contributed by atoms with van der Waals surface area (Å²) < 4.78 is 10.4. The Morgan fingerprint density at radius 3 is 2.68 bits per heavy atom. The van der Waals surface area contributed by atoms with Gasteiger partial charge in [-0.15, -0.1) is 0 Å². The fourth-order valence-electron chi connectivity index (χ4n) is 2.37. The molecule has 1 fully saturated rings. The number of hydrogen-bond donors (Lipinski definition) is 1. The van der Waals surface area contributed by atoms with Crippen molar-refractivity contribution in [2.45, 2.75) is 26.7 Å². The lowest BCUT2D eigenvalue weighted by Gasteiger charge is -2.26. The van der Waals surface area contributed by atoms with E-state index in [1.165, 1.54) is 0 Å². The average molecular weight is 368 g/mol. The first kappa shape index (κ1) is 19.1. The second-order valence-corrected chi connectivity index (χ2v) is 6.03. The van der Waals surface area contributed by atoms with Crippen LogP contribution >= 0.6 is 11.6 Å². The number of likely N-dealkylation sites (tertiary alicyclic amines) is 1. The first-order valence-electron chi connectivity index (χ1n) is 8.14. The maximum atomic E-state index is 11.8. The Labute approximate surface area is 151 Å². The van der Waals surface area contributed by atoms with Gasteiger partial charge in [0.2, 0.25) is 0 Å². The minimum atomic E-state index is -0.338. The number of piperidine rings is 1. The monoisotopic (exact) mass is 367 g/mol. The molecule has 1 aromatic rings. The summed E-state index contributed by atoms with van der Waals surface area (Å²) in [6.45, 7) is 4.93. The van der Waals surface area contributed by atoms with Gasteiger partial charge in [-0.2, -0.15) is 5.10 Å². The van der Waals surface area contributed by atoms with Crippen LogP contribution < -0.4 is 10.2 Å². The summed E-state index contributed by atoms with van der Waals surface area (Å²) in [5, 5.41) is 4.73. The third-order valence-electron chi connectivity index (χ3n) is 3.70. The van der Waals surface area contributed by atoms with E-state index in [0.29, 0.717) is 43.3 Å². The quantitative estimate of drug-likeness (QED) is 0.811. The van der Waals surface area contributed by atoms with Gasteiger partial charge in [0.15, 0.2) is 6.61 Å². The molecule has 7 nitrogen and oxygen atoms in total. The lowest BCUT2D eigenvalue weighted by molar-refractivity contribution is -0.123. The normalized spacial score (nSPS) is 14.0. The molecule has 1 heterocycles. The van der Waals surface area contributed by atoms with Gasteiger partial charge in [-0.3, -0.25) is 4.79 Å². The van der Waals surface area contributed by atoms with E-state index in [-0.39, 0.29) is 18.6 Å². The molecule has 1 aliphatic rings. The molecule has 1 aromatic carbocycles. The molecule has 0 saturated carbocycles. The summed E-state index contributed by atoms with van der Waals surface area (Å²) in [7, 11) is 0. The fraction of sp³-hybridized carbons (Fsp3) is 0.471. The van der Waals surface area contributed by atoms with E-state index in [1.54, 1.807) is 30.0 Å². The Bertz CT molecular complexity index is 653. The third kappa shape index (κ3) is 5.94. The van der Waals surface area contributed by atoms with Crippen LogP contribution in [0.15, 0.2) is 23.3 Å². The standard InChI is InChI=1S/C17H22ClN3O4/c1-3-24-17(23)21-8-6-14(7-9-21)19-20-16(22)11-25-15-5-4-13(18)10-12(15)2/h4-5,10H,3,6-9,11H2,1-2H3,(H,20,22). The number of nitrogens with one attached hydrogen (secondary N) is 1. The first-order chi connectivity index (χ1) is 12.0. The van der Waals surface area contributed by atoms with Crippen molar-refractivity contribution in [3.63, 3.8) is 0 Å². The zero-order chi connectivity index (χ0) is 18.2. The number of amides is 2. The van der Waals surface area contributed by atoms with Crippen LogP contribution in [-0.2, 0) is 9.53 Å². The number of hydrazone groups is 1. The number of hydrogen-bond acceptors (Lipinski definition) is 5. The Hall–Kier alpha value is -2.28. The molecule has 2 rings (SSSR count).